The highest BCUT2D eigenvalue weighted by molar-refractivity contribution is 5.97. The van der Waals surface area contributed by atoms with Gasteiger partial charge in [0.15, 0.2) is 18.1 Å². The summed E-state index contributed by atoms with van der Waals surface area (Å²) in [6.07, 6.45) is 1.42. The van der Waals surface area contributed by atoms with Crippen molar-refractivity contribution in [2.45, 2.75) is 6.92 Å². The van der Waals surface area contributed by atoms with Crippen LogP contribution in [0.2, 0.25) is 0 Å². The standard InChI is InChI=1S/C19H21N3O5/c1-3-20-18(24)12-27-16-9-8-13(10-17(16)26-2)11-21-22-19(25)14-6-4-5-7-15(14)23/h4-11,23H,3,12H2,1-2H3,(H,20,24)(H,22,25)/b21-11+. The molecule has 2 aromatic rings. The number of phenolic OH excluding ortho intramolecular Hbond substituents is 1. The molecule has 0 aliphatic carbocycles. The zero-order valence-corrected chi connectivity index (χ0v) is 15.1. The molecular formula is C19H21N3O5. The Morgan fingerprint density at radius 2 is 1.96 bits per heavy atom. The highest BCUT2D eigenvalue weighted by Crippen LogP contribution is 2.27. The lowest BCUT2D eigenvalue weighted by molar-refractivity contribution is -0.123. The summed E-state index contributed by atoms with van der Waals surface area (Å²) in [7, 11) is 1.48. The molecule has 0 spiro atoms. The van der Waals surface area contributed by atoms with E-state index in [0.29, 0.717) is 23.6 Å². The third kappa shape index (κ3) is 5.74. The van der Waals surface area contributed by atoms with Gasteiger partial charge in [-0.15, -0.1) is 0 Å². The van der Waals surface area contributed by atoms with Crippen LogP contribution in [0.1, 0.15) is 22.8 Å². The normalized spacial score (nSPS) is 10.4. The third-order valence-corrected chi connectivity index (χ3v) is 3.45. The minimum atomic E-state index is -0.529. The highest BCUT2D eigenvalue weighted by atomic mass is 16.5. The summed E-state index contributed by atoms with van der Waals surface area (Å²) in [5.74, 6) is -0.0369. The molecule has 0 aliphatic rings. The SMILES string of the molecule is CCNC(=O)COc1ccc(/C=N/NC(=O)c2ccccc2O)cc1OC. The lowest BCUT2D eigenvalue weighted by atomic mass is 10.2. The van der Waals surface area contributed by atoms with E-state index in [1.165, 1.54) is 25.5 Å². The van der Waals surface area contributed by atoms with Gasteiger partial charge < -0.3 is 19.9 Å². The van der Waals surface area contributed by atoms with Crippen LogP contribution < -0.4 is 20.2 Å². The highest BCUT2D eigenvalue weighted by Gasteiger charge is 2.09. The number of hydrogen-bond donors (Lipinski definition) is 3. The zero-order valence-electron chi connectivity index (χ0n) is 15.1. The Morgan fingerprint density at radius 1 is 1.19 bits per heavy atom. The van der Waals surface area contributed by atoms with Crippen molar-refractivity contribution in [3.63, 3.8) is 0 Å². The van der Waals surface area contributed by atoms with Crippen molar-refractivity contribution in [2.24, 2.45) is 5.10 Å². The number of nitrogens with zero attached hydrogens (tertiary/aromatic N) is 1. The van der Waals surface area contributed by atoms with Crippen molar-refractivity contribution < 1.29 is 24.2 Å². The second kappa shape index (κ2) is 9.81. The maximum atomic E-state index is 12.0. The van der Waals surface area contributed by atoms with E-state index < -0.39 is 5.91 Å². The van der Waals surface area contributed by atoms with Crippen LogP contribution in [0.15, 0.2) is 47.6 Å². The number of amides is 2. The number of hydrogen-bond acceptors (Lipinski definition) is 6. The number of likely N-dealkylation sites (N-methyl/N-ethyl adjacent to an activating group) is 1. The van der Waals surface area contributed by atoms with E-state index in [2.05, 4.69) is 15.8 Å². The number of hydrazone groups is 1. The number of aromatic hydroxyl groups is 1. The fourth-order valence-corrected chi connectivity index (χ4v) is 2.17. The van der Waals surface area contributed by atoms with E-state index in [9.17, 15) is 14.7 Å². The van der Waals surface area contributed by atoms with Gasteiger partial charge in [0.2, 0.25) is 0 Å². The van der Waals surface area contributed by atoms with Crippen LogP contribution in [-0.4, -0.2) is 43.4 Å². The predicted molar refractivity (Wildman–Crippen MR) is 100 cm³/mol. The lowest BCUT2D eigenvalue weighted by Gasteiger charge is -2.11. The van der Waals surface area contributed by atoms with Gasteiger partial charge in [0.1, 0.15) is 5.75 Å². The van der Waals surface area contributed by atoms with Gasteiger partial charge in [0.05, 0.1) is 18.9 Å². The Bertz CT molecular complexity index is 836. The van der Waals surface area contributed by atoms with Crippen LogP contribution in [-0.2, 0) is 4.79 Å². The maximum absolute atomic E-state index is 12.0. The van der Waals surface area contributed by atoms with E-state index >= 15 is 0 Å². The Kier molecular flexibility index (Phi) is 7.18. The van der Waals surface area contributed by atoms with Crippen molar-refractivity contribution in [3.05, 3.63) is 53.6 Å². The number of rotatable bonds is 8. The minimum Gasteiger partial charge on any atom is -0.507 e. The smallest absolute Gasteiger partial charge is 0.275 e. The molecule has 0 fully saturated rings. The molecule has 0 heterocycles. The average molecular weight is 371 g/mol. The first-order valence-electron chi connectivity index (χ1n) is 8.24. The van der Waals surface area contributed by atoms with Gasteiger partial charge >= 0.3 is 0 Å². The predicted octanol–water partition coefficient (Wildman–Crippen LogP) is 1.68. The van der Waals surface area contributed by atoms with Gasteiger partial charge in [-0.05, 0) is 42.8 Å². The number of benzene rings is 2. The monoisotopic (exact) mass is 371 g/mol. The van der Waals surface area contributed by atoms with Gasteiger partial charge in [0, 0.05) is 6.54 Å². The molecule has 0 bridgehead atoms. The molecule has 3 N–H and O–H groups in total. The number of para-hydroxylation sites is 1. The Morgan fingerprint density at radius 3 is 2.67 bits per heavy atom. The van der Waals surface area contributed by atoms with Gasteiger partial charge in [0.25, 0.3) is 11.8 Å². The molecule has 2 aromatic carbocycles. The van der Waals surface area contributed by atoms with Crippen LogP contribution in [0.4, 0.5) is 0 Å². The van der Waals surface area contributed by atoms with Crippen molar-refractivity contribution in [1.29, 1.82) is 0 Å². The molecule has 0 radical (unpaired) electrons. The van der Waals surface area contributed by atoms with Gasteiger partial charge in [-0.1, -0.05) is 12.1 Å². The second-order valence-corrected chi connectivity index (χ2v) is 5.37. The molecule has 0 saturated heterocycles. The van der Waals surface area contributed by atoms with Gasteiger partial charge in [-0.3, -0.25) is 9.59 Å². The fraction of sp³-hybridized carbons (Fsp3) is 0.211. The lowest BCUT2D eigenvalue weighted by Crippen LogP contribution is -2.28. The molecular weight excluding hydrogens is 350 g/mol. The molecule has 0 atom stereocenters. The summed E-state index contributed by atoms with van der Waals surface area (Å²) in [4.78, 5) is 23.4. The molecule has 8 heteroatoms. The Balaban J connectivity index is 2.00. The number of nitrogens with one attached hydrogen (secondary N) is 2. The third-order valence-electron chi connectivity index (χ3n) is 3.45. The topological polar surface area (TPSA) is 109 Å². The zero-order chi connectivity index (χ0) is 19.6. The van der Waals surface area contributed by atoms with Crippen LogP contribution in [0.5, 0.6) is 17.2 Å². The second-order valence-electron chi connectivity index (χ2n) is 5.37. The average Bonchev–Trinajstić information content (AvgIpc) is 2.67. The van der Waals surface area contributed by atoms with E-state index in [4.69, 9.17) is 9.47 Å². The summed E-state index contributed by atoms with van der Waals surface area (Å²) in [6, 6.07) is 11.2. The van der Waals surface area contributed by atoms with Crippen LogP contribution >= 0.6 is 0 Å². The number of methoxy groups -OCH3 is 1. The fourth-order valence-electron chi connectivity index (χ4n) is 2.17. The molecule has 2 amide bonds. The number of phenols is 1. The summed E-state index contributed by atoms with van der Waals surface area (Å²) in [5.41, 5.74) is 3.11. The summed E-state index contributed by atoms with van der Waals surface area (Å²) in [6.45, 7) is 2.24. The Hall–Kier alpha value is -3.55. The first-order chi connectivity index (χ1) is 13.0. The molecule has 0 saturated carbocycles. The van der Waals surface area contributed by atoms with Gasteiger partial charge in [-0.2, -0.15) is 5.10 Å². The summed E-state index contributed by atoms with van der Waals surface area (Å²) < 4.78 is 10.7. The number of carbonyl (C=O) groups excluding carboxylic acids is 2. The van der Waals surface area contributed by atoms with Crippen molar-refractivity contribution in [2.75, 3.05) is 20.3 Å². The van der Waals surface area contributed by atoms with Crippen LogP contribution in [0, 0.1) is 0 Å². The van der Waals surface area contributed by atoms with Crippen molar-refractivity contribution >= 4 is 18.0 Å². The van der Waals surface area contributed by atoms with Crippen LogP contribution in [0.25, 0.3) is 0 Å². The van der Waals surface area contributed by atoms with E-state index in [-0.39, 0.29) is 23.8 Å². The number of carbonyl (C=O) groups is 2. The first-order valence-corrected chi connectivity index (χ1v) is 8.24. The van der Waals surface area contributed by atoms with Crippen molar-refractivity contribution in [1.82, 2.24) is 10.7 Å². The largest absolute Gasteiger partial charge is 0.507 e. The molecule has 27 heavy (non-hydrogen) atoms. The Labute approximate surface area is 156 Å². The molecule has 0 aromatic heterocycles. The van der Waals surface area contributed by atoms with Gasteiger partial charge in [-0.25, -0.2) is 5.43 Å². The van der Waals surface area contributed by atoms with E-state index in [1.807, 2.05) is 6.92 Å². The first kappa shape index (κ1) is 19.8. The molecule has 0 unspecified atom stereocenters. The summed E-state index contributed by atoms with van der Waals surface area (Å²) in [5, 5.41) is 16.2. The quantitative estimate of drug-likeness (QED) is 0.483. The number of ether oxygens (including phenoxy) is 2. The molecule has 0 aliphatic heterocycles. The molecule has 142 valence electrons. The van der Waals surface area contributed by atoms with Crippen LogP contribution in [0.3, 0.4) is 0 Å². The molecule has 8 nitrogen and oxygen atoms in total. The van der Waals surface area contributed by atoms with E-state index in [0.717, 1.165) is 0 Å². The molecule has 2 rings (SSSR count). The minimum absolute atomic E-state index is 0.117. The maximum Gasteiger partial charge on any atom is 0.275 e. The summed E-state index contributed by atoms with van der Waals surface area (Å²) >= 11 is 0. The van der Waals surface area contributed by atoms with Crippen molar-refractivity contribution in [3.8, 4) is 17.2 Å². The van der Waals surface area contributed by atoms with E-state index in [1.54, 1.807) is 30.3 Å².